The number of ether oxygens (including phenoxy) is 2. The highest BCUT2D eigenvalue weighted by atomic mass is 35.5. The zero-order chi connectivity index (χ0) is 18.8. The summed E-state index contributed by atoms with van der Waals surface area (Å²) in [4.78, 5) is 15.6. The lowest BCUT2D eigenvalue weighted by Gasteiger charge is -2.20. The number of benzene rings is 2. The predicted octanol–water partition coefficient (Wildman–Crippen LogP) is 3.89. The smallest absolute Gasteiger partial charge is 0.270 e. The van der Waals surface area contributed by atoms with Gasteiger partial charge in [-0.1, -0.05) is 29.8 Å². The van der Waals surface area contributed by atoms with Crippen molar-refractivity contribution in [2.24, 2.45) is 0 Å². The molecule has 4 rings (SSSR count). The van der Waals surface area contributed by atoms with Gasteiger partial charge in [0.15, 0.2) is 16.3 Å². The van der Waals surface area contributed by atoms with Crippen LogP contribution in [0.25, 0.3) is 5.69 Å². The fourth-order valence-electron chi connectivity index (χ4n) is 2.91. The molecule has 2 aromatic carbocycles. The minimum Gasteiger partial charge on any atom is -0.486 e. The highest BCUT2D eigenvalue weighted by molar-refractivity contribution is 7.71. The Morgan fingerprint density at radius 3 is 2.81 bits per heavy atom. The Kier molecular flexibility index (Phi) is 4.87. The van der Waals surface area contributed by atoms with Crippen LogP contribution in [0, 0.1) is 4.77 Å². The average Bonchev–Trinajstić information content (AvgIpc) is 3.08. The van der Waals surface area contributed by atoms with Crippen molar-refractivity contribution in [2.45, 2.75) is 6.54 Å². The molecule has 27 heavy (non-hydrogen) atoms. The molecule has 0 radical (unpaired) electrons. The Labute approximate surface area is 165 Å². The van der Waals surface area contributed by atoms with Gasteiger partial charge in [0.1, 0.15) is 18.9 Å². The van der Waals surface area contributed by atoms with E-state index in [1.54, 1.807) is 16.8 Å². The number of H-pyrrole nitrogens is 1. The maximum atomic E-state index is 12.7. The summed E-state index contributed by atoms with van der Waals surface area (Å²) in [6, 6.07) is 13.1. The number of aromatic amines is 1. The number of nitrogens with one attached hydrogen (secondary N) is 2. The van der Waals surface area contributed by atoms with Gasteiger partial charge >= 0.3 is 0 Å². The molecule has 0 saturated heterocycles. The van der Waals surface area contributed by atoms with Gasteiger partial charge in [0.25, 0.3) is 5.91 Å². The largest absolute Gasteiger partial charge is 0.486 e. The van der Waals surface area contributed by atoms with E-state index >= 15 is 0 Å². The van der Waals surface area contributed by atoms with Crippen molar-refractivity contribution in [2.75, 3.05) is 13.2 Å². The normalized spacial score (nSPS) is 12.6. The number of carbonyl (C=O) groups is 1. The van der Waals surface area contributed by atoms with Crippen LogP contribution in [0.1, 0.15) is 16.1 Å². The van der Waals surface area contributed by atoms with E-state index in [9.17, 15) is 4.79 Å². The Morgan fingerprint density at radius 2 is 2.00 bits per heavy atom. The van der Waals surface area contributed by atoms with Gasteiger partial charge in [0, 0.05) is 18.4 Å². The number of hydrogen-bond acceptors (Lipinski definition) is 4. The summed E-state index contributed by atoms with van der Waals surface area (Å²) in [6.45, 7) is 1.24. The number of aromatic nitrogens is 2. The van der Waals surface area contributed by atoms with Crippen LogP contribution in [0.15, 0.2) is 48.7 Å². The van der Waals surface area contributed by atoms with Crippen LogP contribution in [0.2, 0.25) is 5.02 Å². The molecule has 1 amide bonds. The van der Waals surface area contributed by atoms with E-state index in [1.165, 1.54) is 0 Å². The molecular formula is C19H16ClN3O3S. The van der Waals surface area contributed by atoms with Gasteiger partial charge in [-0.2, -0.15) is 0 Å². The number of hydrogen-bond donors (Lipinski definition) is 2. The monoisotopic (exact) mass is 401 g/mol. The van der Waals surface area contributed by atoms with Gasteiger partial charge in [-0.15, -0.1) is 0 Å². The quantitative estimate of drug-likeness (QED) is 0.651. The van der Waals surface area contributed by atoms with Gasteiger partial charge < -0.3 is 19.8 Å². The maximum Gasteiger partial charge on any atom is 0.270 e. The van der Waals surface area contributed by atoms with Crippen molar-refractivity contribution in [3.8, 4) is 17.2 Å². The first kappa shape index (κ1) is 17.6. The summed E-state index contributed by atoms with van der Waals surface area (Å²) >= 11 is 11.6. The molecule has 3 aromatic rings. The van der Waals surface area contributed by atoms with Crippen molar-refractivity contribution in [1.82, 2.24) is 14.9 Å². The van der Waals surface area contributed by atoms with Crippen molar-refractivity contribution in [3.05, 3.63) is 69.7 Å². The number of carbonyl (C=O) groups excluding carboxylic acids is 1. The van der Waals surface area contributed by atoms with E-state index in [0.29, 0.717) is 46.7 Å². The predicted molar refractivity (Wildman–Crippen MR) is 105 cm³/mol. The molecule has 138 valence electrons. The summed E-state index contributed by atoms with van der Waals surface area (Å²) in [5.41, 5.74) is 2.06. The molecule has 8 heteroatoms. The highest BCUT2D eigenvalue weighted by Gasteiger charge is 2.18. The van der Waals surface area contributed by atoms with Crippen LogP contribution in [0.4, 0.5) is 0 Å². The first-order chi connectivity index (χ1) is 13.1. The summed E-state index contributed by atoms with van der Waals surface area (Å²) in [5.74, 6) is 0.880. The summed E-state index contributed by atoms with van der Waals surface area (Å²) < 4.78 is 13.2. The SMILES string of the molecule is O=C(NCc1cc(Cl)c2c(c1)OCCO2)c1c[nH]c(=S)n1-c1ccccc1. The van der Waals surface area contributed by atoms with E-state index in [-0.39, 0.29) is 5.91 Å². The molecular weight excluding hydrogens is 386 g/mol. The van der Waals surface area contributed by atoms with Crippen LogP contribution in [0.5, 0.6) is 11.5 Å². The second-order valence-electron chi connectivity index (χ2n) is 5.93. The molecule has 2 N–H and O–H groups in total. The lowest BCUT2D eigenvalue weighted by molar-refractivity contribution is 0.0944. The lowest BCUT2D eigenvalue weighted by Crippen LogP contribution is -2.25. The number of rotatable bonds is 4. The molecule has 1 aliphatic heterocycles. The molecule has 0 bridgehead atoms. The number of para-hydroxylation sites is 1. The lowest BCUT2D eigenvalue weighted by atomic mass is 10.2. The number of amides is 1. The number of imidazole rings is 1. The van der Waals surface area contributed by atoms with E-state index in [1.807, 2.05) is 36.4 Å². The van der Waals surface area contributed by atoms with Gasteiger partial charge in [-0.3, -0.25) is 9.36 Å². The minimum absolute atomic E-state index is 0.253. The van der Waals surface area contributed by atoms with Gasteiger partial charge in [-0.25, -0.2) is 0 Å². The van der Waals surface area contributed by atoms with Crippen LogP contribution in [-0.4, -0.2) is 28.7 Å². The van der Waals surface area contributed by atoms with Crippen LogP contribution >= 0.6 is 23.8 Å². The van der Waals surface area contributed by atoms with Crippen LogP contribution in [-0.2, 0) is 6.54 Å². The number of fused-ring (bicyclic) bond motifs is 1. The van der Waals surface area contributed by atoms with Gasteiger partial charge in [0.2, 0.25) is 0 Å². The fraction of sp³-hybridized carbons (Fsp3) is 0.158. The molecule has 0 atom stereocenters. The summed E-state index contributed by atoms with van der Waals surface area (Å²) in [5, 5.41) is 3.35. The number of nitrogens with zero attached hydrogens (tertiary/aromatic N) is 1. The van der Waals surface area contributed by atoms with Gasteiger partial charge in [0.05, 0.1) is 5.02 Å². The third-order valence-electron chi connectivity index (χ3n) is 4.13. The van der Waals surface area contributed by atoms with Crippen molar-refractivity contribution < 1.29 is 14.3 Å². The van der Waals surface area contributed by atoms with Crippen molar-refractivity contribution in [1.29, 1.82) is 0 Å². The summed E-state index contributed by atoms with van der Waals surface area (Å²) in [7, 11) is 0. The molecule has 6 nitrogen and oxygen atoms in total. The standard InChI is InChI=1S/C19H16ClN3O3S/c20-14-8-12(9-16-17(14)26-7-6-25-16)10-21-18(24)15-11-22-19(27)23(15)13-4-2-1-3-5-13/h1-5,8-9,11H,6-7,10H2,(H,21,24)(H,22,27). The second-order valence-corrected chi connectivity index (χ2v) is 6.73. The fourth-order valence-corrected chi connectivity index (χ4v) is 3.46. The average molecular weight is 402 g/mol. The highest BCUT2D eigenvalue weighted by Crippen LogP contribution is 2.38. The minimum atomic E-state index is -0.253. The molecule has 0 unspecified atom stereocenters. The Bertz CT molecular complexity index is 1050. The third-order valence-corrected chi connectivity index (χ3v) is 4.71. The molecule has 1 aromatic heterocycles. The molecule has 0 saturated carbocycles. The van der Waals surface area contributed by atoms with Crippen molar-refractivity contribution >= 4 is 29.7 Å². The molecule has 0 spiro atoms. The first-order valence-corrected chi connectivity index (χ1v) is 9.14. The number of halogens is 1. The third kappa shape index (κ3) is 3.56. The van der Waals surface area contributed by atoms with E-state index < -0.39 is 0 Å². The zero-order valence-electron chi connectivity index (χ0n) is 14.2. The molecule has 2 heterocycles. The Hall–Kier alpha value is -2.77. The topological polar surface area (TPSA) is 68.3 Å². The van der Waals surface area contributed by atoms with E-state index in [0.717, 1.165) is 11.3 Å². The van der Waals surface area contributed by atoms with Crippen molar-refractivity contribution in [3.63, 3.8) is 0 Å². The van der Waals surface area contributed by atoms with Crippen LogP contribution < -0.4 is 14.8 Å². The van der Waals surface area contributed by atoms with Gasteiger partial charge in [-0.05, 0) is 42.0 Å². The Morgan fingerprint density at radius 1 is 1.22 bits per heavy atom. The van der Waals surface area contributed by atoms with E-state index in [4.69, 9.17) is 33.3 Å². The summed E-state index contributed by atoms with van der Waals surface area (Å²) in [6.07, 6.45) is 1.60. The zero-order valence-corrected chi connectivity index (χ0v) is 15.8. The molecule has 0 fully saturated rings. The first-order valence-electron chi connectivity index (χ1n) is 8.35. The Balaban J connectivity index is 1.55. The molecule has 1 aliphatic rings. The van der Waals surface area contributed by atoms with E-state index in [2.05, 4.69) is 10.3 Å². The second kappa shape index (κ2) is 7.46. The maximum absolute atomic E-state index is 12.7. The van der Waals surface area contributed by atoms with Crippen LogP contribution in [0.3, 0.4) is 0 Å². The molecule has 0 aliphatic carbocycles.